The quantitative estimate of drug-likeness (QED) is 0.349. The minimum Gasteiger partial charge on any atom is -0.469 e. The molecule has 1 fully saturated rings. The van der Waals surface area contributed by atoms with Gasteiger partial charge in [-0.25, -0.2) is 0 Å². The minimum absolute atomic E-state index is 0.169. The van der Waals surface area contributed by atoms with Crippen LogP contribution in [0.25, 0.3) is 6.08 Å². The number of hydrogen-bond acceptors (Lipinski definition) is 8. The highest BCUT2D eigenvalue weighted by molar-refractivity contribution is 8.26. The van der Waals surface area contributed by atoms with E-state index in [9.17, 15) is 19.7 Å². The molecule has 0 saturated carbocycles. The van der Waals surface area contributed by atoms with Crippen LogP contribution < -0.4 is 5.43 Å². The van der Waals surface area contributed by atoms with Gasteiger partial charge in [0.15, 0.2) is 4.32 Å². The molecule has 2 aromatic rings. The molecule has 0 aliphatic carbocycles. The summed E-state index contributed by atoms with van der Waals surface area (Å²) in [6.07, 6.45) is 5.81. The molecule has 1 N–H and O–H groups in total. The van der Waals surface area contributed by atoms with Crippen LogP contribution in [0.4, 0.5) is 5.88 Å². The largest absolute Gasteiger partial charge is 0.469 e. The van der Waals surface area contributed by atoms with Crippen molar-refractivity contribution >= 4 is 52.1 Å². The van der Waals surface area contributed by atoms with E-state index in [1.54, 1.807) is 6.92 Å². The number of carbonyl (C=O) groups excluding carboxylic acids is 2. The van der Waals surface area contributed by atoms with Gasteiger partial charge in [-0.15, -0.1) is 0 Å². The molecule has 27 heavy (non-hydrogen) atoms. The maximum absolute atomic E-state index is 12.4. The zero-order valence-corrected chi connectivity index (χ0v) is 15.3. The number of furan rings is 2. The number of rotatable bonds is 5. The number of nitro groups is 1. The normalized spacial score (nSPS) is 15.9. The molecule has 0 radical (unpaired) electrons. The van der Waals surface area contributed by atoms with Crippen molar-refractivity contribution in [3.05, 3.63) is 68.7 Å². The van der Waals surface area contributed by atoms with Crippen molar-refractivity contribution in [3.63, 3.8) is 0 Å². The first-order valence-electron chi connectivity index (χ1n) is 7.40. The molecule has 138 valence electrons. The van der Waals surface area contributed by atoms with Crippen molar-refractivity contribution in [2.24, 2.45) is 0 Å². The summed E-state index contributed by atoms with van der Waals surface area (Å²) in [7, 11) is 0. The number of allylic oxidation sites excluding steroid dienone is 2. The first-order valence-corrected chi connectivity index (χ1v) is 8.63. The number of hydrogen-bond donors (Lipinski definition) is 1. The lowest BCUT2D eigenvalue weighted by Crippen LogP contribution is -2.44. The number of hydrazine groups is 1. The summed E-state index contributed by atoms with van der Waals surface area (Å²) in [5, 5.41) is 11.6. The molecule has 0 unspecified atom stereocenters. The summed E-state index contributed by atoms with van der Waals surface area (Å²) in [4.78, 5) is 34.8. The Labute approximate surface area is 161 Å². The highest BCUT2D eigenvalue weighted by Crippen LogP contribution is 2.30. The monoisotopic (exact) mass is 405 g/mol. The van der Waals surface area contributed by atoms with Crippen molar-refractivity contribution < 1.29 is 23.3 Å². The third kappa shape index (κ3) is 3.99. The van der Waals surface area contributed by atoms with Crippen LogP contribution in [0.2, 0.25) is 0 Å². The van der Waals surface area contributed by atoms with Crippen LogP contribution in [0.1, 0.15) is 21.9 Å². The van der Waals surface area contributed by atoms with E-state index in [1.807, 2.05) is 0 Å². The van der Waals surface area contributed by atoms with Gasteiger partial charge in [0.2, 0.25) is 0 Å². The van der Waals surface area contributed by atoms with Gasteiger partial charge in [-0.2, -0.15) is 5.01 Å². The Morgan fingerprint density at radius 1 is 1.41 bits per heavy atom. The van der Waals surface area contributed by atoms with Gasteiger partial charge in [-0.1, -0.05) is 17.8 Å². The Hall–Kier alpha value is -3.18. The summed E-state index contributed by atoms with van der Waals surface area (Å²) in [5.41, 5.74) is 2.74. The number of thiocarbonyl (C=S) groups is 1. The summed E-state index contributed by atoms with van der Waals surface area (Å²) in [6.45, 7) is 1.63. The first-order chi connectivity index (χ1) is 12.9. The third-order valence-corrected chi connectivity index (χ3v) is 4.73. The fraction of sp³-hybridized carbons (Fsp3) is 0.0625. The second-order valence-corrected chi connectivity index (χ2v) is 6.84. The Bertz CT molecular complexity index is 1000. The summed E-state index contributed by atoms with van der Waals surface area (Å²) in [5.74, 6) is -0.703. The lowest BCUT2D eigenvalue weighted by Gasteiger charge is -2.15. The standard InChI is InChI=1S/C16H11N3O6S2/c1-9-11(7-8-24-9)14(20)17-18-15(21)12(27-16(18)26)4-2-3-10-5-6-13(25-10)19(22)23/h2-8H,1H3,(H,17,20)/b3-2+,12-4-. The van der Waals surface area contributed by atoms with E-state index in [1.165, 1.54) is 42.7 Å². The van der Waals surface area contributed by atoms with Gasteiger partial charge in [0, 0.05) is 0 Å². The predicted molar refractivity (Wildman–Crippen MR) is 100 cm³/mol. The van der Waals surface area contributed by atoms with Crippen molar-refractivity contribution in [2.45, 2.75) is 6.92 Å². The zero-order valence-electron chi connectivity index (χ0n) is 13.7. The molecule has 1 aliphatic rings. The molecule has 0 atom stereocenters. The fourth-order valence-electron chi connectivity index (χ4n) is 2.12. The van der Waals surface area contributed by atoms with Crippen molar-refractivity contribution in [1.82, 2.24) is 10.4 Å². The predicted octanol–water partition coefficient (Wildman–Crippen LogP) is 3.19. The minimum atomic E-state index is -0.646. The van der Waals surface area contributed by atoms with Crippen LogP contribution in [0, 0.1) is 17.0 Å². The second kappa shape index (κ2) is 7.60. The van der Waals surface area contributed by atoms with Crippen LogP contribution in [-0.2, 0) is 4.79 Å². The van der Waals surface area contributed by atoms with E-state index in [2.05, 4.69) is 5.43 Å². The molecule has 2 amide bonds. The van der Waals surface area contributed by atoms with Crippen LogP contribution in [0.3, 0.4) is 0 Å². The molecule has 0 aromatic carbocycles. The summed E-state index contributed by atoms with van der Waals surface area (Å²) >= 11 is 6.13. The molecular weight excluding hydrogens is 394 g/mol. The van der Waals surface area contributed by atoms with E-state index in [-0.39, 0.29) is 20.9 Å². The first kappa shape index (κ1) is 18.6. The third-order valence-electron chi connectivity index (χ3n) is 3.41. The Kier molecular flexibility index (Phi) is 5.23. The van der Waals surface area contributed by atoms with Gasteiger partial charge in [-0.05, 0) is 43.4 Å². The average molecular weight is 405 g/mol. The Morgan fingerprint density at radius 2 is 2.19 bits per heavy atom. The molecular formula is C16H11N3O6S2. The van der Waals surface area contributed by atoms with Crippen molar-refractivity contribution in [1.29, 1.82) is 0 Å². The number of thioether (sulfide) groups is 1. The van der Waals surface area contributed by atoms with Crippen molar-refractivity contribution in [2.75, 3.05) is 0 Å². The number of amides is 2. The van der Waals surface area contributed by atoms with Gasteiger partial charge >= 0.3 is 5.88 Å². The molecule has 0 bridgehead atoms. The van der Waals surface area contributed by atoms with E-state index < -0.39 is 16.7 Å². The van der Waals surface area contributed by atoms with Crippen LogP contribution in [0.5, 0.6) is 0 Å². The molecule has 3 heterocycles. The molecule has 0 spiro atoms. The number of nitrogens with zero attached hydrogens (tertiary/aromatic N) is 2. The van der Waals surface area contributed by atoms with Gasteiger partial charge in [0.25, 0.3) is 11.8 Å². The molecule has 1 saturated heterocycles. The summed E-state index contributed by atoms with van der Waals surface area (Å²) < 4.78 is 10.2. The Morgan fingerprint density at radius 3 is 2.81 bits per heavy atom. The van der Waals surface area contributed by atoms with E-state index in [0.717, 1.165) is 16.8 Å². The van der Waals surface area contributed by atoms with Crippen LogP contribution >= 0.6 is 24.0 Å². The van der Waals surface area contributed by atoms with Gasteiger partial charge in [-0.3, -0.25) is 25.1 Å². The molecule has 9 nitrogen and oxygen atoms in total. The van der Waals surface area contributed by atoms with Crippen LogP contribution in [0.15, 0.2) is 50.4 Å². The van der Waals surface area contributed by atoms with Crippen molar-refractivity contribution in [3.8, 4) is 0 Å². The maximum Gasteiger partial charge on any atom is 0.433 e. The number of carbonyl (C=O) groups is 2. The number of nitrogens with one attached hydrogen (secondary N) is 1. The van der Waals surface area contributed by atoms with Gasteiger partial charge < -0.3 is 8.83 Å². The lowest BCUT2D eigenvalue weighted by atomic mass is 10.2. The highest BCUT2D eigenvalue weighted by Gasteiger charge is 2.33. The Balaban J connectivity index is 1.68. The topological polar surface area (TPSA) is 119 Å². The second-order valence-electron chi connectivity index (χ2n) is 5.16. The SMILES string of the molecule is Cc1occc1C(=O)NN1C(=O)/C(=C/C=C/c2ccc([N+](=O)[O-])o2)SC1=S. The highest BCUT2D eigenvalue weighted by atomic mass is 32.2. The van der Waals surface area contributed by atoms with Gasteiger partial charge in [0.05, 0.1) is 22.8 Å². The fourth-order valence-corrected chi connectivity index (χ4v) is 3.25. The molecule has 11 heteroatoms. The molecule has 1 aliphatic heterocycles. The smallest absolute Gasteiger partial charge is 0.433 e. The van der Waals surface area contributed by atoms with E-state index in [4.69, 9.17) is 21.1 Å². The van der Waals surface area contributed by atoms with E-state index >= 15 is 0 Å². The van der Waals surface area contributed by atoms with Crippen LogP contribution in [-0.4, -0.2) is 26.1 Å². The van der Waals surface area contributed by atoms with Gasteiger partial charge in [0.1, 0.15) is 16.4 Å². The average Bonchev–Trinajstić information content (AvgIpc) is 3.31. The maximum atomic E-state index is 12.4. The molecule has 2 aromatic heterocycles. The number of aryl methyl sites for hydroxylation is 1. The summed E-state index contributed by atoms with van der Waals surface area (Å²) in [6, 6.07) is 4.15. The lowest BCUT2D eigenvalue weighted by molar-refractivity contribution is -0.402. The zero-order chi connectivity index (χ0) is 19.6. The molecule has 3 rings (SSSR count). The van der Waals surface area contributed by atoms with E-state index in [0.29, 0.717) is 11.3 Å².